The molecule has 11 nitrogen and oxygen atoms in total. The molecule has 1 saturated heterocycles. The molecule has 0 spiro atoms. The van der Waals surface area contributed by atoms with Gasteiger partial charge in [-0.1, -0.05) is 5.11 Å². The molecule has 0 radical (unpaired) electrons. The van der Waals surface area contributed by atoms with Crippen LogP contribution in [0.25, 0.3) is 10.4 Å². The normalized spacial score (nSPS) is 30.8. The van der Waals surface area contributed by atoms with E-state index in [1.165, 1.54) is 6.07 Å². The lowest BCUT2D eigenvalue weighted by molar-refractivity contribution is -0.122. The third kappa shape index (κ3) is 2.61. The maximum atomic E-state index is 14.3. The molecule has 0 bridgehead atoms. The SMILES string of the molecule is [N-]=[N+]=NC[C@]1(CO)OC(n2ccc(NO)nc2=O)[C@H](F)[C@@H]1O. The minimum Gasteiger partial charge on any atom is -0.393 e. The lowest BCUT2D eigenvalue weighted by Crippen LogP contribution is -2.48. The Hall–Kier alpha value is -2.24. The molecule has 2 heterocycles. The molecule has 0 aromatic carbocycles. The van der Waals surface area contributed by atoms with Crippen molar-refractivity contribution in [2.24, 2.45) is 5.11 Å². The highest BCUT2D eigenvalue weighted by molar-refractivity contribution is 5.28. The summed E-state index contributed by atoms with van der Waals surface area (Å²) in [7, 11) is 0. The van der Waals surface area contributed by atoms with Crippen molar-refractivity contribution in [1.29, 1.82) is 0 Å². The minimum absolute atomic E-state index is 0.155. The van der Waals surface area contributed by atoms with Gasteiger partial charge in [-0.25, -0.2) is 9.18 Å². The summed E-state index contributed by atoms with van der Waals surface area (Å²) in [6.45, 7) is -1.33. The highest BCUT2D eigenvalue weighted by atomic mass is 19.1. The van der Waals surface area contributed by atoms with Crippen molar-refractivity contribution in [2.45, 2.75) is 24.1 Å². The molecular formula is C10H13FN6O5. The summed E-state index contributed by atoms with van der Waals surface area (Å²) in [6, 6.07) is 1.18. The van der Waals surface area contributed by atoms with E-state index < -0.39 is 42.9 Å². The van der Waals surface area contributed by atoms with E-state index in [1.54, 1.807) is 5.48 Å². The first-order chi connectivity index (χ1) is 10.5. The third-order valence-corrected chi connectivity index (χ3v) is 3.36. The Morgan fingerprint density at radius 2 is 2.41 bits per heavy atom. The summed E-state index contributed by atoms with van der Waals surface area (Å²) in [6.07, 6.45) is -4.34. The predicted molar refractivity (Wildman–Crippen MR) is 68.8 cm³/mol. The van der Waals surface area contributed by atoms with Gasteiger partial charge in [-0.15, -0.1) is 0 Å². The van der Waals surface area contributed by atoms with Crippen LogP contribution in [0.3, 0.4) is 0 Å². The average Bonchev–Trinajstić information content (AvgIpc) is 2.78. The number of anilines is 1. The second-order valence-electron chi connectivity index (χ2n) is 4.62. The summed E-state index contributed by atoms with van der Waals surface area (Å²) in [5.41, 5.74) is 7.18. The molecular weight excluding hydrogens is 303 g/mol. The summed E-state index contributed by atoms with van der Waals surface area (Å²) in [5, 5.41) is 31.1. The van der Waals surface area contributed by atoms with E-state index >= 15 is 0 Å². The first-order valence-corrected chi connectivity index (χ1v) is 6.10. The standard InChI is InChI=1S/C10H13FN6O5/c11-6-7(19)10(4-18,3-13-16-12)22-8(6)17-2-1-5(15-21)14-9(17)20/h1-2,6-8,18-19,21H,3-4H2,(H,14,15,20)/t6-,7+,8?,10-/m1/s1. The number of alkyl halides is 1. The lowest BCUT2D eigenvalue weighted by Gasteiger charge is -2.27. The Morgan fingerprint density at radius 3 is 2.95 bits per heavy atom. The Labute approximate surface area is 122 Å². The van der Waals surface area contributed by atoms with Gasteiger partial charge in [0.05, 0.1) is 13.2 Å². The fourth-order valence-electron chi connectivity index (χ4n) is 2.16. The van der Waals surface area contributed by atoms with Crippen molar-refractivity contribution < 1.29 is 24.5 Å². The van der Waals surface area contributed by atoms with Gasteiger partial charge in [0.1, 0.15) is 11.7 Å². The van der Waals surface area contributed by atoms with Gasteiger partial charge < -0.3 is 14.9 Å². The first kappa shape index (κ1) is 16.1. The zero-order valence-electron chi connectivity index (χ0n) is 11.1. The molecule has 2 rings (SSSR count). The van der Waals surface area contributed by atoms with Gasteiger partial charge in [-0.05, 0) is 11.6 Å². The molecule has 1 aliphatic heterocycles. The number of rotatable bonds is 5. The maximum absolute atomic E-state index is 14.3. The molecule has 0 amide bonds. The molecule has 0 aliphatic carbocycles. The van der Waals surface area contributed by atoms with Crippen LogP contribution < -0.4 is 11.2 Å². The van der Waals surface area contributed by atoms with Crippen LogP contribution in [0.4, 0.5) is 10.2 Å². The van der Waals surface area contributed by atoms with Crippen LogP contribution in [-0.4, -0.2) is 56.0 Å². The Morgan fingerprint density at radius 1 is 1.68 bits per heavy atom. The monoisotopic (exact) mass is 316 g/mol. The number of nitrogens with one attached hydrogen (secondary N) is 1. The molecule has 1 aromatic heterocycles. The maximum Gasteiger partial charge on any atom is 0.351 e. The highest BCUT2D eigenvalue weighted by Crippen LogP contribution is 2.38. The number of ether oxygens (including phenoxy) is 1. The minimum atomic E-state index is -2.06. The van der Waals surface area contributed by atoms with Gasteiger partial charge >= 0.3 is 5.69 Å². The molecule has 22 heavy (non-hydrogen) atoms. The summed E-state index contributed by atoms with van der Waals surface area (Å²) < 4.78 is 20.3. The van der Waals surface area contributed by atoms with Crippen LogP contribution in [0.2, 0.25) is 0 Å². The number of azide groups is 1. The number of hydrogen-bond acceptors (Lipinski definition) is 8. The molecule has 1 unspecified atom stereocenters. The first-order valence-electron chi connectivity index (χ1n) is 6.10. The number of aliphatic hydroxyl groups excluding tert-OH is 2. The van der Waals surface area contributed by atoms with E-state index in [9.17, 15) is 19.4 Å². The fraction of sp³-hybridized carbons (Fsp3) is 0.600. The number of aromatic nitrogens is 2. The molecule has 4 atom stereocenters. The average molecular weight is 316 g/mol. The van der Waals surface area contributed by atoms with Gasteiger partial charge in [-0.2, -0.15) is 4.98 Å². The number of hydrogen-bond donors (Lipinski definition) is 4. The molecule has 12 heteroatoms. The van der Waals surface area contributed by atoms with E-state index in [-0.39, 0.29) is 5.82 Å². The van der Waals surface area contributed by atoms with E-state index in [2.05, 4.69) is 15.0 Å². The second kappa shape index (κ2) is 6.25. The largest absolute Gasteiger partial charge is 0.393 e. The molecule has 120 valence electrons. The van der Waals surface area contributed by atoms with E-state index in [0.717, 1.165) is 10.8 Å². The Bertz CT molecular complexity index is 649. The number of nitrogens with zero attached hydrogens (tertiary/aromatic N) is 5. The van der Waals surface area contributed by atoms with Crippen molar-refractivity contribution in [3.05, 3.63) is 33.2 Å². The number of aliphatic hydroxyl groups is 2. The molecule has 1 aromatic rings. The van der Waals surface area contributed by atoms with Crippen molar-refractivity contribution >= 4 is 5.82 Å². The predicted octanol–water partition coefficient (Wildman–Crippen LogP) is -0.686. The van der Waals surface area contributed by atoms with Crippen LogP contribution >= 0.6 is 0 Å². The van der Waals surface area contributed by atoms with Crippen LogP contribution in [0, 0.1) is 0 Å². The Balaban J connectivity index is 2.37. The van der Waals surface area contributed by atoms with Gasteiger partial charge in [0, 0.05) is 11.1 Å². The Kier molecular flexibility index (Phi) is 4.59. The van der Waals surface area contributed by atoms with E-state index in [0.29, 0.717) is 0 Å². The van der Waals surface area contributed by atoms with Gasteiger partial charge in [0.15, 0.2) is 18.2 Å². The zero-order valence-corrected chi connectivity index (χ0v) is 11.1. The van der Waals surface area contributed by atoms with Crippen molar-refractivity contribution in [3.63, 3.8) is 0 Å². The van der Waals surface area contributed by atoms with Gasteiger partial charge in [-0.3, -0.25) is 15.3 Å². The van der Waals surface area contributed by atoms with E-state index in [1.807, 2.05) is 0 Å². The second-order valence-corrected chi connectivity index (χ2v) is 4.62. The molecule has 1 aliphatic rings. The molecule has 4 N–H and O–H groups in total. The number of halogens is 1. The summed E-state index contributed by atoms with van der Waals surface area (Å²) in [5.74, 6) is -0.155. The van der Waals surface area contributed by atoms with Gasteiger partial charge in [0.2, 0.25) is 0 Å². The van der Waals surface area contributed by atoms with Crippen LogP contribution in [0.5, 0.6) is 0 Å². The smallest absolute Gasteiger partial charge is 0.351 e. The van der Waals surface area contributed by atoms with Gasteiger partial charge in [0.25, 0.3) is 0 Å². The highest BCUT2D eigenvalue weighted by Gasteiger charge is 2.55. The molecule has 0 saturated carbocycles. The van der Waals surface area contributed by atoms with Crippen LogP contribution in [-0.2, 0) is 4.74 Å². The molecule has 1 fully saturated rings. The topological polar surface area (TPSA) is 166 Å². The third-order valence-electron chi connectivity index (χ3n) is 3.36. The summed E-state index contributed by atoms with van der Waals surface area (Å²) in [4.78, 5) is 17.7. The van der Waals surface area contributed by atoms with Crippen LogP contribution in [0.15, 0.2) is 22.2 Å². The lowest BCUT2D eigenvalue weighted by atomic mass is 9.97. The quantitative estimate of drug-likeness (QED) is 0.241. The zero-order chi connectivity index (χ0) is 16.3. The summed E-state index contributed by atoms with van der Waals surface area (Å²) >= 11 is 0. The fourth-order valence-corrected chi connectivity index (χ4v) is 2.16. The van der Waals surface area contributed by atoms with E-state index in [4.69, 9.17) is 15.5 Å². The van der Waals surface area contributed by atoms with Crippen molar-refractivity contribution in [1.82, 2.24) is 9.55 Å². The van der Waals surface area contributed by atoms with Crippen molar-refractivity contribution in [2.75, 3.05) is 18.6 Å². The van der Waals surface area contributed by atoms with Crippen molar-refractivity contribution in [3.8, 4) is 0 Å². The van der Waals surface area contributed by atoms with Crippen LogP contribution in [0.1, 0.15) is 6.23 Å².